The molecule has 4 saturated heterocycles. The molecule has 0 spiro atoms. The molecule has 4 fully saturated rings. The maximum atomic E-state index is 11.6. The summed E-state index contributed by atoms with van der Waals surface area (Å²) in [7, 11) is 8.66. The number of aliphatic hydroxyl groups is 9. The Hall–Kier alpha value is -2.33. The molecule has 0 aromatic carbocycles. The van der Waals surface area contributed by atoms with Crippen LogP contribution in [0.2, 0.25) is 0 Å². The zero-order valence-electron chi connectivity index (χ0n) is 32.3. The highest BCUT2D eigenvalue weighted by atomic mass is 16.8. The van der Waals surface area contributed by atoms with E-state index in [1.54, 1.807) is 0 Å². The lowest BCUT2D eigenvalue weighted by molar-refractivity contribution is -0.390. The molecule has 4 heterocycles. The molecule has 0 aromatic heterocycles. The number of aliphatic hydroxyl groups excluding tert-OH is 9. The van der Waals surface area contributed by atoms with Crippen molar-refractivity contribution in [3.05, 3.63) is 0 Å². The number of carbonyl (C=O) groups is 3. The SMILES string of the molecule is [B][C@@]1(O[C@@H]2C(CO)O[C@@H](O[C@H]3C(O)C(O)C(OC)O[C@H]3COCC(=O)O)C(OCC(=O)O)[C@H]2O)O[C@@H](CO)[C@@H](C[C@@H]2OC(COCC(=O)O)[C@@H](OC)[C@H](O)C2O)C(O)C1O. The van der Waals surface area contributed by atoms with Gasteiger partial charge in [-0.1, -0.05) is 0 Å². The van der Waals surface area contributed by atoms with Crippen LogP contribution in [0.25, 0.3) is 0 Å². The first-order valence-electron chi connectivity index (χ1n) is 18.5. The maximum absolute atomic E-state index is 11.6. The number of hydrogen-bond donors (Lipinski definition) is 12. The van der Waals surface area contributed by atoms with Crippen molar-refractivity contribution in [3.63, 3.8) is 0 Å². The van der Waals surface area contributed by atoms with Crippen LogP contribution in [0.1, 0.15) is 6.42 Å². The van der Waals surface area contributed by atoms with Crippen LogP contribution in [-0.2, 0) is 66.5 Å². The van der Waals surface area contributed by atoms with Gasteiger partial charge < -0.3 is 113 Å². The molecule has 344 valence electrons. The summed E-state index contributed by atoms with van der Waals surface area (Å²) in [6.07, 6.45) is -31.1. The zero-order valence-corrected chi connectivity index (χ0v) is 32.3. The molecule has 27 heteroatoms. The van der Waals surface area contributed by atoms with Gasteiger partial charge in [-0.05, 0) is 6.42 Å². The average molecular weight is 877 g/mol. The van der Waals surface area contributed by atoms with Crippen molar-refractivity contribution in [1.29, 1.82) is 0 Å². The standard InChI is InChI=1S/C33H53BO26/c1-50-26-15(6-52-8-17(37)38)55-12(21(44)22(26)45)3-11-13(4-35)59-33(34,30(49)20(11)43)60-28-14(5-36)56-32(29(25(28)48)54-10-19(41)42)58-27-16(7-53-9-18(39)40)57-31(51-2)24(47)23(27)46/h11-16,20-32,35-36,43-49H,3-10H2,1-2H3,(H,37,38)(H,39,40)(H,41,42)/t11-,12+,13+,14?,15?,16+,20?,21?,22-,23?,24?,25+,26-,27-,28-,29?,30?,31?,32+,33-/m1/s1. The molecule has 2 radical (unpaired) electrons. The normalized spacial score (nSPS) is 43.7. The molecule has 4 aliphatic rings. The minimum Gasteiger partial charge on any atom is -0.480 e. The summed E-state index contributed by atoms with van der Waals surface area (Å²) in [6.45, 7) is -5.61. The molecule has 0 bridgehead atoms. The first-order valence-corrected chi connectivity index (χ1v) is 18.5. The van der Waals surface area contributed by atoms with Crippen molar-refractivity contribution >= 4 is 25.8 Å². The predicted octanol–water partition coefficient (Wildman–Crippen LogP) is -7.95. The molecule has 0 amide bonds. The largest absolute Gasteiger partial charge is 0.480 e. The third-order valence-corrected chi connectivity index (χ3v) is 10.4. The van der Waals surface area contributed by atoms with Gasteiger partial charge in [0.05, 0.1) is 44.7 Å². The van der Waals surface area contributed by atoms with Gasteiger partial charge in [-0.2, -0.15) is 0 Å². The topological polar surface area (TPSA) is 396 Å². The van der Waals surface area contributed by atoms with Gasteiger partial charge in [0.1, 0.15) is 105 Å². The number of ether oxygens (including phenoxy) is 11. The third kappa shape index (κ3) is 11.8. The summed E-state index contributed by atoms with van der Waals surface area (Å²) in [5.41, 5.74) is -2.87. The molecular formula is C33H53BO26. The van der Waals surface area contributed by atoms with E-state index in [-0.39, 0.29) is 0 Å². The minimum atomic E-state index is -2.87. The fraction of sp³-hybridized carbons (Fsp3) is 0.909. The predicted molar refractivity (Wildman–Crippen MR) is 186 cm³/mol. The van der Waals surface area contributed by atoms with Gasteiger partial charge in [-0.15, -0.1) is 0 Å². The summed E-state index contributed by atoms with van der Waals surface area (Å²) >= 11 is 0. The Kier molecular flexibility index (Phi) is 18.7. The summed E-state index contributed by atoms with van der Waals surface area (Å²) in [4.78, 5) is 33.6. The monoisotopic (exact) mass is 876 g/mol. The van der Waals surface area contributed by atoms with Gasteiger partial charge in [0.25, 0.3) is 0 Å². The molecule has 0 aliphatic carbocycles. The van der Waals surface area contributed by atoms with Crippen molar-refractivity contribution in [2.45, 2.75) is 122 Å². The molecule has 20 atom stereocenters. The van der Waals surface area contributed by atoms with E-state index in [9.17, 15) is 65.4 Å². The zero-order chi connectivity index (χ0) is 44.6. The lowest BCUT2D eigenvalue weighted by atomic mass is 9.74. The van der Waals surface area contributed by atoms with E-state index in [2.05, 4.69) is 0 Å². The second kappa shape index (κ2) is 22.3. The van der Waals surface area contributed by atoms with Gasteiger partial charge in [0, 0.05) is 20.1 Å². The molecule has 26 nitrogen and oxygen atoms in total. The van der Waals surface area contributed by atoms with Crippen molar-refractivity contribution < 1.29 is 128 Å². The van der Waals surface area contributed by atoms with Gasteiger partial charge in [0.2, 0.25) is 0 Å². The Labute approximate surface area is 342 Å². The number of methoxy groups -OCH3 is 2. The summed E-state index contributed by atoms with van der Waals surface area (Å²) < 4.78 is 60.4. The van der Waals surface area contributed by atoms with Gasteiger partial charge in [-0.3, -0.25) is 0 Å². The smallest absolute Gasteiger partial charge is 0.329 e. The molecule has 0 aromatic rings. The van der Waals surface area contributed by atoms with Crippen LogP contribution in [-0.4, -0.2) is 263 Å². The van der Waals surface area contributed by atoms with Crippen LogP contribution < -0.4 is 0 Å². The Balaban J connectivity index is 1.55. The van der Waals surface area contributed by atoms with E-state index in [0.29, 0.717) is 0 Å². The maximum Gasteiger partial charge on any atom is 0.329 e. The molecule has 4 aliphatic heterocycles. The fourth-order valence-corrected chi connectivity index (χ4v) is 7.49. The second-order valence-electron chi connectivity index (χ2n) is 14.4. The lowest BCUT2D eigenvalue weighted by Gasteiger charge is -2.53. The third-order valence-electron chi connectivity index (χ3n) is 10.4. The van der Waals surface area contributed by atoms with Crippen LogP contribution in [0.4, 0.5) is 0 Å². The van der Waals surface area contributed by atoms with Crippen LogP contribution in [0, 0.1) is 5.92 Å². The lowest BCUT2D eigenvalue weighted by Crippen LogP contribution is -2.70. The molecule has 9 unspecified atom stereocenters. The minimum absolute atomic E-state index is 0.408. The highest BCUT2D eigenvalue weighted by molar-refractivity contribution is 6.14. The number of carboxylic acids is 3. The Morgan fingerprint density at radius 3 is 1.67 bits per heavy atom. The summed E-state index contributed by atoms with van der Waals surface area (Å²) in [6, 6.07) is 0. The van der Waals surface area contributed by atoms with Crippen molar-refractivity contribution in [1.82, 2.24) is 0 Å². The van der Waals surface area contributed by atoms with E-state index >= 15 is 0 Å². The van der Waals surface area contributed by atoms with Crippen LogP contribution in [0.3, 0.4) is 0 Å². The van der Waals surface area contributed by atoms with Gasteiger partial charge in [0.15, 0.2) is 20.4 Å². The molecule has 12 N–H and O–H groups in total. The Morgan fingerprint density at radius 2 is 1.13 bits per heavy atom. The second-order valence-corrected chi connectivity index (χ2v) is 14.4. The van der Waals surface area contributed by atoms with Crippen LogP contribution in [0.5, 0.6) is 0 Å². The highest BCUT2D eigenvalue weighted by Crippen LogP contribution is 2.40. The average Bonchev–Trinajstić information content (AvgIpc) is 3.19. The summed E-state index contributed by atoms with van der Waals surface area (Å²) in [5, 5.41) is 126. The first kappa shape index (κ1) is 50.3. The summed E-state index contributed by atoms with van der Waals surface area (Å²) in [5.74, 6) is -5.56. The van der Waals surface area contributed by atoms with E-state index in [1.807, 2.05) is 0 Å². The quantitative estimate of drug-likeness (QED) is 0.0476. The molecule has 4 rings (SSSR count). The van der Waals surface area contributed by atoms with Crippen molar-refractivity contribution in [3.8, 4) is 0 Å². The highest BCUT2D eigenvalue weighted by Gasteiger charge is 2.58. The Morgan fingerprint density at radius 1 is 0.583 bits per heavy atom. The van der Waals surface area contributed by atoms with Crippen molar-refractivity contribution in [2.75, 3.05) is 60.5 Å². The number of hydrogen-bond acceptors (Lipinski definition) is 23. The van der Waals surface area contributed by atoms with E-state index in [4.69, 9.17) is 70.2 Å². The molecule has 60 heavy (non-hydrogen) atoms. The van der Waals surface area contributed by atoms with Gasteiger partial charge >= 0.3 is 17.9 Å². The van der Waals surface area contributed by atoms with Crippen LogP contribution >= 0.6 is 0 Å². The first-order chi connectivity index (χ1) is 28.3. The Bertz CT molecular complexity index is 1380. The van der Waals surface area contributed by atoms with E-state index < -0.39 is 192 Å². The number of carboxylic acid groups (broad SMARTS) is 3. The van der Waals surface area contributed by atoms with E-state index in [0.717, 1.165) is 7.11 Å². The van der Waals surface area contributed by atoms with Crippen LogP contribution in [0.15, 0.2) is 0 Å². The molecular weight excluding hydrogens is 823 g/mol. The van der Waals surface area contributed by atoms with Gasteiger partial charge in [-0.25, -0.2) is 14.4 Å². The fourth-order valence-electron chi connectivity index (χ4n) is 7.49. The number of rotatable bonds is 21. The van der Waals surface area contributed by atoms with Crippen molar-refractivity contribution in [2.24, 2.45) is 5.92 Å². The number of aliphatic carboxylic acids is 3. The molecule has 0 saturated carbocycles. The van der Waals surface area contributed by atoms with E-state index in [1.165, 1.54) is 7.11 Å².